The van der Waals surface area contributed by atoms with Crippen molar-refractivity contribution in [1.82, 2.24) is 5.32 Å². The molecular formula is C54H105NO4. The maximum absolute atomic E-state index is 12.4. The Bertz CT molecular complexity index is 874. The van der Waals surface area contributed by atoms with E-state index in [9.17, 15) is 20.1 Å². The van der Waals surface area contributed by atoms with Gasteiger partial charge in [-0.25, -0.2) is 0 Å². The van der Waals surface area contributed by atoms with E-state index in [1.807, 2.05) is 6.08 Å². The Morgan fingerprint density at radius 2 is 0.695 bits per heavy atom. The fraction of sp³-hybridized carbons (Fsp3) is 0.907. The smallest absolute Gasteiger partial charge is 0.249 e. The van der Waals surface area contributed by atoms with Crippen molar-refractivity contribution in [3.63, 3.8) is 0 Å². The van der Waals surface area contributed by atoms with Gasteiger partial charge in [-0.05, 0) is 32.1 Å². The molecule has 0 rings (SSSR count). The van der Waals surface area contributed by atoms with E-state index in [-0.39, 0.29) is 6.61 Å². The van der Waals surface area contributed by atoms with Gasteiger partial charge in [0, 0.05) is 0 Å². The van der Waals surface area contributed by atoms with Gasteiger partial charge in [-0.15, -0.1) is 0 Å². The first-order valence-corrected chi connectivity index (χ1v) is 26.7. The van der Waals surface area contributed by atoms with Crippen LogP contribution in [0.3, 0.4) is 0 Å². The van der Waals surface area contributed by atoms with Crippen LogP contribution in [0.5, 0.6) is 0 Å². The molecule has 0 saturated carbocycles. The summed E-state index contributed by atoms with van der Waals surface area (Å²) in [5, 5.41) is 33.0. The molecule has 5 nitrogen and oxygen atoms in total. The summed E-state index contributed by atoms with van der Waals surface area (Å²) >= 11 is 0. The van der Waals surface area contributed by atoms with Crippen molar-refractivity contribution in [2.75, 3.05) is 6.61 Å². The molecule has 59 heavy (non-hydrogen) atoms. The van der Waals surface area contributed by atoms with Crippen LogP contribution in [0.4, 0.5) is 0 Å². The molecule has 0 saturated heterocycles. The van der Waals surface area contributed by atoms with E-state index in [0.717, 1.165) is 38.5 Å². The number of unbranched alkanes of at least 4 members (excludes halogenated alkanes) is 39. The second kappa shape index (κ2) is 49.5. The fourth-order valence-electron chi connectivity index (χ4n) is 8.38. The zero-order chi connectivity index (χ0) is 43.0. The van der Waals surface area contributed by atoms with Crippen molar-refractivity contribution < 1.29 is 20.1 Å². The van der Waals surface area contributed by atoms with Crippen LogP contribution in [0.1, 0.15) is 290 Å². The van der Waals surface area contributed by atoms with E-state index in [1.165, 1.54) is 231 Å². The van der Waals surface area contributed by atoms with Crippen LogP contribution in [0.15, 0.2) is 24.3 Å². The molecule has 3 unspecified atom stereocenters. The lowest BCUT2D eigenvalue weighted by Crippen LogP contribution is -2.48. The third-order valence-corrected chi connectivity index (χ3v) is 12.5. The van der Waals surface area contributed by atoms with E-state index in [0.29, 0.717) is 6.42 Å². The van der Waals surface area contributed by atoms with Crippen LogP contribution >= 0.6 is 0 Å². The molecule has 0 radical (unpaired) electrons. The highest BCUT2D eigenvalue weighted by atomic mass is 16.3. The molecule has 4 N–H and O–H groups in total. The lowest BCUT2D eigenvalue weighted by Gasteiger charge is -2.21. The predicted octanol–water partition coefficient (Wildman–Crippen LogP) is 16.1. The van der Waals surface area contributed by atoms with Crippen LogP contribution in [0, 0.1) is 0 Å². The highest BCUT2D eigenvalue weighted by Crippen LogP contribution is 2.18. The van der Waals surface area contributed by atoms with Gasteiger partial charge in [0.1, 0.15) is 6.10 Å². The summed E-state index contributed by atoms with van der Waals surface area (Å²) in [5.74, 6) is -0.511. The minimum Gasteiger partial charge on any atom is -0.394 e. The van der Waals surface area contributed by atoms with Crippen LogP contribution < -0.4 is 5.32 Å². The number of rotatable bonds is 49. The van der Waals surface area contributed by atoms with E-state index in [2.05, 4.69) is 31.3 Å². The van der Waals surface area contributed by atoms with Crippen molar-refractivity contribution in [3.05, 3.63) is 24.3 Å². The first-order valence-electron chi connectivity index (χ1n) is 26.7. The first kappa shape index (κ1) is 57.8. The number of amides is 1. The zero-order valence-corrected chi connectivity index (χ0v) is 39.9. The molecule has 0 aliphatic heterocycles. The molecule has 0 spiro atoms. The monoisotopic (exact) mass is 832 g/mol. The average molecular weight is 832 g/mol. The highest BCUT2D eigenvalue weighted by Gasteiger charge is 2.22. The van der Waals surface area contributed by atoms with Gasteiger partial charge in [0.05, 0.1) is 18.8 Å². The van der Waals surface area contributed by atoms with Crippen molar-refractivity contribution in [2.24, 2.45) is 0 Å². The summed E-state index contributed by atoms with van der Waals surface area (Å²) in [6.45, 7) is 4.13. The minimum absolute atomic E-state index is 0.374. The second-order valence-electron chi connectivity index (χ2n) is 18.4. The number of carbonyl (C=O) groups excluding carboxylic acids is 1. The Balaban J connectivity index is 3.40. The highest BCUT2D eigenvalue weighted by molar-refractivity contribution is 5.80. The largest absolute Gasteiger partial charge is 0.394 e. The van der Waals surface area contributed by atoms with Gasteiger partial charge in [0.2, 0.25) is 5.91 Å². The van der Waals surface area contributed by atoms with E-state index in [4.69, 9.17) is 0 Å². The molecule has 0 bridgehead atoms. The van der Waals surface area contributed by atoms with Gasteiger partial charge in [0.15, 0.2) is 0 Å². The summed E-state index contributed by atoms with van der Waals surface area (Å²) in [6, 6.07) is -0.809. The van der Waals surface area contributed by atoms with Gasteiger partial charge in [-0.3, -0.25) is 4.79 Å². The first-order chi connectivity index (χ1) is 29.1. The number of hydrogen-bond acceptors (Lipinski definition) is 4. The molecular weight excluding hydrogens is 727 g/mol. The summed E-state index contributed by atoms with van der Waals surface area (Å²) in [5.41, 5.74) is 0. The van der Waals surface area contributed by atoms with Crippen molar-refractivity contribution >= 4 is 5.91 Å². The van der Waals surface area contributed by atoms with Crippen molar-refractivity contribution in [1.29, 1.82) is 0 Å². The Hall–Kier alpha value is -1.17. The predicted molar refractivity (Wildman–Crippen MR) is 259 cm³/mol. The maximum atomic E-state index is 12.4. The van der Waals surface area contributed by atoms with Gasteiger partial charge >= 0.3 is 0 Å². The Morgan fingerprint density at radius 1 is 0.407 bits per heavy atom. The van der Waals surface area contributed by atoms with Crippen LogP contribution in [-0.4, -0.2) is 46.1 Å². The van der Waals surface area contributed by atoms with Crippen LogP contribution in [0.25, 0.3) is 0 Å². The van der Waals surface area contributed by atoms with Gasteiger partial charge in [-0.1, -0.05) is 282 Å². The van der Waals surface area contributed by atoms with E-state index >= 15 is 0 Å². The molecule has 350 valence electrons. The fourth-order valence-corrected chi connectivity index (χ4v) is 8.38. The molecule has 0 aromatic rings. The molecule has 0 heterocycles. The molecule has 3 atom stereocenters. The molecule has 1 amide bonds. The van der Waals surface area contributed by atoms with E-state index in [1.54, 1.807) is 6.08 Å². The molecule has 5 heteroatoms. The Morgan fingerprint density at radius 3 is 1.03 bits per heavy atom. The SMILES string of the molecule is CCCCC/C=C/CC/C=C/C(O)C(CO)NC(=O)C(O)CCCCCCCCCCCCCCCCCCCCCCCCCCCCCCCCCCCCCC. The van der Waals surface area contributed by atoms with Crippen LogP contribution in [0.2, 0.25) is 0 Å². The third kappa shape index (κ3) is 44.7. The molecule has 0 aromatic carbocycles. The topological polar surface area (TPSA) is 89.8 Å². The normalized spacial score (nSPS) is 13.5. The Kier molecular flexibility index (Phi) is 48.5. The lowest BCUT2D eigenvalue weighted by atomic mass is 10.0. The standard InChI is InChI=1S/C54H105NO4/c1-3-5-7-9-11-13-14-15-16-17-18-19-20-21-22-23-24-25-26-27-28-29-30-31-32-33-34-35-36-37-38-39-41-43-45-47-49-53(58)54(59)55-51(50-56)52(57)48-46-44-42-40-12-10-8-6-4-2/h12,40,46,48,51-53,56-58H,3-11,13-39,41-45,47,49-50H2,1-2H3,(H,55,59)/b40-12+,48-46+. The number of allylic oxidation sites excluding steroid dienone is 3. The molecule has 0 aromatic heterocycles. The van der Waals surface area contributed by atoms with Gasteiger partial charge < -0.3 is 20.6 Å². The number of aliphatic hydroxyl groups excluding tert-OH is 3. The number of nitrogens with one attached hydrogen (secondary N) is 1. The van der Waals surface area contributed by atoms with Crippen LogP contribution in [-0.2, 0) is 4.79 Å². The van der Waals surface area contributed by atoms with Crippen molar-refractivity contribution in [3.8, 4) is 0 Å². The molecule has 0 aliphatic carbocycles. The number of aliphatic hydroxyl groups is 3. The van der Waals surface area contributed by atoms with Crippen molar-refractivity contribution in [2.45, 2.75) is 308 Å². The minimum atomic E-state index is -1.10. The van der Waals surface area contributed by atoms with E-state index < -0.39 is 24.2 Å². The summed E-state index contributed by atoms with van der Waals surface area (Å²) in [4.78, 5) is 12.4. The summed E-state index contributed by atoms with van der Waals surface area (Å²) in [7, 11) is 0. The number of hydrogen-bond donors (Lipinski definition) is 4. The quantitative estimate of drug-likeness (QED) is 0.0363. The summed E-state index contributed by atoms with van der Waals surface area (Å²) in [6.07, 6.45) is 62.9. The molecule has 0 aliphatic rings. The maximum Gasteiger partial charge on any atom is 0.249 e. The van der Waals surface area contributed by atoms with Gasteiger partial charge in [-0.2, -0.15) is 0 Å². The average Bonchev–Trinajstić information content (AvgIpc) is 3.24. The summed E-state index contributed by atoms with van der Waals surface area (Å²) < 4.78 is 0. The number of carbonyl (C=O) groups is 1. The van der Waals surface area contributed by atoms with Gasteiger partial charge in [0.25, 0.3) is 0 Å². The second-order valence-corrected chi connectivity index (χ2v) is 18.4. The Labute approximate surface area is 369 Å². The zero-order valence-electron chi connectivity index (χ0n) is 39.9. The third-order valence-electron chi connectivity index (χ3n) is 12.5. The lowest BCUT2D eigenvalue weighted by molar-refractivity contribution is -0.131. The molecule has 0 fully saturated rings.